The molecule has 61 heavy (non-hydrogen) atoms. The summed E-state index contributed by atoms with van der Waals surface area (Å²) in [5.41, 5.74) is 3.05. The Bertz CT molecular complexity index is 2900. The Hall–Kier alpha value is -6.55. The number of thioether (sulfide) groups is 1. The van der Waals surface area contributed by atoms with E-state index in [9.17, 15) is 28.1 Å². The van der Waals surface area contributed by atoms with Gasteiger partial charge in [0.25, 0.3) is 27.5 Å². The van der Waals surface area contributed by atoms with E-state index in [1.807, 2.05) is 97.1 Å². The molecule has 0 spiro atoms. The van der Waals surface area contributed by atoms with Crippen LogP contribution in [0.25, 0.3) is 26.6 Å². The van der Waals surface area contributed by atoms with E-state index in [2.05, 4.69) is 20.3 Å². The van der Waals surface area contributed by atoms with Gasteiger partial charge in [0.15, 0.2) is 5.13 Å². The smallest absolute Gasteiger partial charge is 0.293 e. The van der Waals surface area contributed by atoms with Crippen LogP contribution in [0, 0.1) is 10.1 Å². The number of hydrogen-bond donors (Lipinski definition) is 3. The van der Waals surface area contributed by atoms with Crippen molar-refractivity contribution in [2.45, 2.75) is 35.5 Å². The molecule has 308 valence electrons. The van der Waals surface area contributed by atoms with Crippen molar-refractivity contribution >= 4 is 88.0 Å². The lowest BCUT2D eigenvalue weighted by Crippen LogP contribution is -2.31. The highest BCUT2D eigenvalue weighted by Crippen LogP contribution is 2.37. The van der Waals surface area contributed by atoms with Gasteiger partial charge in [0.05, 0.1) is 26.6 Å². The Balaban J connectivity index is 1.01. The number of benzene rings is 6. The third-order valence-electron chi connectivity index (χ3n) is 10.2. The number of rotatable bonds is 16. The third kappa shape index (κ3) is 9.59. The molecule has 12 nitrogen and oxygen atoms in total. The number of nitrogens with zero attached hydrogens (tertiary/aromatic N) is 2. The monoisotopic (exact) mass is 869 g/mol. The van der Waals surface area contributed by atoms with Crippen LogP contribution >= 0.6 is 23.1 Å². The van der Waals surface area contributed by atoms with E-state index in [-0.39, 0.29) is 11.3 Å². The molecule has 0 radical (unpaired) electrons. The number of para-hydroxylation sites is 1. The number of ether oxygens (including phenoxy) is 1. The maximum absolute atomic E-state index is 14.3. The van der Waals surface area contributed by atoms with Crippen LogP contribution < -0.4 is 20.1 Å². The summed E-state index contributed by atoms with van der Waals surface area (Å²) in [6, 6.07) is 39.4. The molecule has 0 unspecified atom stereocenters. The molecule has 7 aromatic rings. The van der Waals surface area contributed by atoms with Crippen LogP contribution in [0.2, 0.25) is 0 Å². The van der Waals surface area contributed by atoms with Gasteiger partial charge in [-0.3, -0.25) is 25.0 Å². The number of nitro groups is 1. The topological polar surface area (TPSA) is 170 Å². The summed E-state index contributed by atoms with van der Waals surface area (Å²) in [5, 5.41) is 20.5. The number of fused-ring (bicyclic) bond motifs is 3. The molecule has 1 aliphatic carbocycles. The molecular weight excluding hydrogens is 831 g/mol. The van der Waals surface area contributed by atoms with Gasteiger partial charge in [0.1, 0.15) is 11.4 Å². The summed E-state index contributed by atoms with van der Waals surface area (Å²) in [6.07, 6.45) is 2.34. The molecule has 0 atom stereocenters. The van der Waals surface area contributed by atoms with Crippen molar-refractivity contribution in [3.8, 4) is 5.75 Å². The third-order valence-corrected chi connectivity index (χ3v) is 13.5. The lowest BCUT2D eigenvalue weighted by atomic mass is 9.82. The van der Waals surface area contributed by atoms with Crippen LogP contribution in [0.5, 0.6) is 5.75 Å². The van der Waals surface area contributed by atoms with Crippen LogP contribution in [-0.4, -0.2) is 49.0 Å². The zero-order valence-corrected chi connectivity index (χ0v) is 35.1. The molecule has 0 aliphatic heterocycles. The Kier molecular flexibility index (Phi) is 12.4. The van der Waals surface area contributed by atoms with Gasteiger partial charge < -0.3 is 10.1 Å². The number of carbonyl (C=O) groups excluding carboxylic acids is 2. The first-order valence-corrected chi connectivity index (χ1v) is 22.8. The first-order chi connectivity index (χ1) is 29.6. The molecule has 1 aliphatic rings. The maximum atomic E-state index is 14.3. The minimum Gasteiger partial charge on any atom is -0.493 e. The number of aryl methyl sites for hydroxylation is 1. The molecule has 1 heterocycles. The number of hydrogen-bond acceptors (Lipinski definition) is 11. The minimum atomic E-state index is -4.56. The van der Waals surface area contributed by atoms with Crippen LogP contribution in [-0.2, 0) is 21.2 Å². The fraction of sp³-hybridized carbons (Fsp3) is 0.152. The van der Waals surface area contributed by atoms with Crippen LogP contribution in [0.1, 0.15) is 40.7 Å². The van der Waals surface area contributed by atoms with Crippen molar-refractivity contribution in [2.75, 3.05) is 29.5 Å². The average Bonchev–Trinajstić information content (AvgIpc) is 3.68. The Morgan fingerprint density at radius 1 is 0.852 bits per heavy atom. The fourth-order valence-corrected chi connectivity index (χ4v) is 9.91. The van der Waals surface area contributed by atoms with Gasteiger partial charge in [-0.2, -0.15) is 0 Å². The molecule has 8 rings (SSSR count). The van der Waals surface area contributed by atoms with Gasteiger partial charge in [-0.05, 0) is 96.8 Å². The summed E-state index contributed by atoms with van der Waals surface area (Å²) in [4.78, 5) is 44.6. The zero-order chi connectivity index (χ0) is 42.3. The van der Waals surface area contributed by atoms with E-state index < -0.39 is 37.3 Å². The standard InChI is InChI=1S/C46H39N5O7S3/c52-44(50-61(56,57)35-23-24-38(40(29-35)51(54)55)47-25-27-59-34-13-2-1-3-14-34)33-22-20-31-19-21-32(12-9-26-58-41-17-8-11-30-10-4-5-15-36(30)41)43(37(31)28-33)45(53)49-46-48-39-16-6-7-18-42(39)60-46/h1-8,10-11,13-18,20,22-24,28-29,47H,9,12,19,21,25-27H2,(H,50,52)(H,48,49,53). The van der Waals surface area contributed by atoms with Gasteiger partial charge in [-0.25, -0.2) is 18.1 Å². The first-order valence-electron chi connectivity index (χ1n) is 19.5. The SMILES string of the molecule is O=C(Nc1nc2ccccc2s1)C1=C(CCCOc2cccc3ccccc23)CCc2ccc(C(=O)NS(=O)(=O)c3ccc(NCCSc4ccccc4)c([N+](=O)[O-])c3)cc21. The van der Waals surface area contributed by atoms with Gasteiger partial charge in [0.2, 0.25) is 0 Å². The lowest BCUT2D eigenvalue weighted by Gasteiger charge is -2.24. The van der Waals surface area contributed by atoms with Crippen molar-refractivity contribution in [2.24, 2.45) is 0 Å². The van der Waals surface area contributed by atoms with Crippen molar-refractivity contribution in [3.05, 3.63) is 166 Å². The highest BCUT2D eigenvalue weighted by atomic mass is 32.2. The van der Waals surface area contributed by atoms with E-state index >= 15 is 0 Å². The number of thiazole rings is 1. The number of nitro benzene ring substituents is 1. The number of amides is 2. The van der Waals surface area contributed by atoms with Crippen LogP contribution in [0.15, 0.2) is 149 Å². The first kappa shape index (κ1) is 41.2. The Labute approximate surface area is 360 Å². The second kappa shape index (κ2) is 18.4. The number of allylic oxidation sites excluding steroid dienone is 1. The van der Waals surface area contributed by atoms with Crippen LogP contribution in [0.3, 0.4) is 0 Å². The van der Waals surface area contributed by atoms with Crippen molar-refractivity contribution in [1.29, 1.82) is 0 Å². The largest absolute Gasteiger partial charge is 0.493 e. The van der Waals surface area contributed by atoms with E-state index in [1.165, 1.54) is 35.6 Å². The summed E-state index contributed by atoms with van der Waals surface area (Å²) in [6.45, 7) is 0.789. The second-order valence-electron chi connectivity index (χ2n) is 14.2. The number of aromatic nitrogens is 1. The van der Waals surface area contributed by atoms with Gasteiger partial charge in [-0.1, -0.05) is 89.7 Å². The zero-order valence-electron chi connectivity index (χ0n) is 32.6. The second-order valence-corrected chi connectivity index (χ2v) is 18.1. The number of anilines is 2. The maximum Gasteiger partial charge on any atom is 0.293 e. The predicted octanol–water partition coefficient (Wildman–Crippen LogP) is 9.88. The highest BCUT2D eigenvalue weighted by Gasteiger charge is 2.28. The molecule has 6 aromatic carbocycles. The molecule has 2 amide bonds. The summed E-state index contributed by atoms with van der Waals surface area (Å²) < 4.78 is 36.3. The summed E-state index contributed by atoms with van der Waals surface area (Å²) in [7, 11) is -4.56. The van der Waals surface area contributed by atoms with Crippen LogP contribution in [0.4, 0.5) is 16.5 Å². The molecule has 1 aromatic heterocycles. The molecule has 3 N–H and O–H groups in total. The molecule has 0 fully saturated rings. The van der Waals surface area contributed by atoms with E-state index in [0.717, 1.165) is 48.8 Å². The van der Waals surface area contributed by atoms with Crippen molar-refractivity contribution in [1.82, 2.24) is 9.71 Å². The van der Waals surface area contributed by atoms with Crippen molar-refractivity contribution < 1.29 is 27.7 Å². The van der Waals surface area contributed by atoms with E-state index in [1.54, 1.807) is 17.8 Å². The van der Waals surface area contributed by atoms with Gasteiger partial charge in [-0.15, -0.1) is 11.8 Å². The normalized spacial score (nSPS) is 12.5. The van der Waals surface area contributed by atoms with Crippen molar-refractivity contribution in [3.63, 3.8) is 0 Å². The molecule has 0 saturated heterocycles. The number of nitrogens with one attached hydrogen (secondary N) is 3. The molecule has 0 bridgehead atoms. The molecular formula is C46H39N5O7S3. The quantitative estimate of drug-likeness (QED) is 0.0368. The van der Waals surface area contributed by atoms with Gasteiger partial charge in [0, 0.05) is 39.8 Å². The number of carbonyl (C=O) groups is 2. The Morgan fingerprint density at radius 3 is 2.48 bits per heavy atom. The van der Waals surface area contributed by atoms with Gasteiger partial charge >= 0.3 is 0 Å². The predicted molar refractivity (Wildman–Crippen MR) is 242 cm³/mol. The summed E-state index contributed by atoms with van der Waals surface area (Å²) >= 11 is 2.92. The fourth-order valence-electron chi connectivity index (χ4n) is 7.27. The number of sulfonamides is 1. The molecule has 15 heteroatoms. The minimum absolute atomic E-state index is 0.00291. The Morgan fingerprint density at radius 2 is 1.64 bits per heavy atom. The average molecular weight is 870 g/mol. The lowest BCUT2D eigenvalue weighted by molar-refractivity contribution is -0.384. The summed E-state index contributed by atoms with van der Waals surface area (Å²) in [5.74, 6) is 0.0405. The van der Waals surface area contributed by atoms with E-state index in [0.29, 0.717) is 60.9 Å². The van der Waals surface area contributed by atoms with E-state index in [4.69, 9.17) is 4.74 Å². The molecule has 0 saturated carbocycles. The highest BCUT2D eigenvalue weighted by molar-refractivity contribution is 7.99.